The largest absolute Gasteiger partial charge is 0.472 e. The van der Waals surface area contributed by atoms with Crippen molar-refractivity contribution in [3.63, 3.8) is 0 Å². The first-order valence-corrected chi connectivity index (χ1v) is 38.6. The Bertz CT molecular complexity index is 2420. The van der Waals surface area contributed by atoms with E-state index in [2.05, 4.69) is 102 Å². The van der Waals surface area contributed by atoms with Crippen LogP contribution >= 0.6 is 0 Å². The Morgan fingerprint density at radius 3 is 2.10 bits per heavy atom. The molecule has 2 aromatic rings. The maximum atomic E-state index is 11.7. The number of hydrogen-bond acceptors (Lipinski definition) is 14. The molecule has 2 N–H and O–H groups in total. The highest BCUT2D eigenvalue weighted by molar-refractivity contribution is 6.77. The van der Waals surface area contributed by atoms with Gasteiger partial charge in [0.05, 0.1) is 68.0 Å². The number of ether oxygens (including phenoxy) is 5. The van der Waals surface area contributed by atoms with E-state index in [1.807, 2.05) is 39.0 Å². The molecule has 0 aromatic carbocycles. The predicted molar refractivity (Wildman–Crippen MR) is 331 cm³/mol. The molecule has 0 aliphatic carbocycles. The molecule has 4 fully saturated rings. The molecule has 15 nitrogen and oxygen atoms in total. The van der Waals surface area contributed by atoms with Crippen molar-refractivity contribution < 1.29 is 60.8 Å². The fourth-order valence-corrected chi connectivity index (χ4v) is 25.4. The standard InChI is InChI=1S/C64H106N2O13Si3/c1-18-80(19-2,20-3)73-40-55-35-54(70-17)37-64(77-55,79-81(21-4,22-5)23-6)38-60-65-49(39-71-60)32-46(14)63-48(16)62(69)47(15)57(76-63)27-25-28-59-66-56(41-72-59)58-36-53(78-82(42(7)8,43(9)10)44(11)12)34-52(75-58)33-51-31-45(13)30-50(74-51)26-24-29-61(67)68/h25,28,32,39,41-44,47-48,50-55,57-58,62-63,69H,13,18-23,26-27,30-31,33-38,40H2,1-12,14-17H3,(H,67,68)/b28-25+,46-32+/t47-,48+,50-,51+,52+,53-,54+,55+,57+,58+,62-,63-,64+/m0/s1. The second-order valence-electron chi connectivity index (χ2n) is 25.5. The molecule has 18 heteroatoms. The molecule has 0 spiro atoms. The Morgan fingerprint density at radius 1 is 0.829 bits per heavy atom. The van der Waals surface area contributed by atoms with Gasteiger partial charge in [0.15, 0.2) is 28.3 Å². The van der Waals surface area contributed by atoms with Crippen molar-refractivity contribution >= 4 is 43.1 Å². The zero-order valence-corrected chi connectivity index (χ0v) is 56.1. The number of rotatable bonds is 28. The number of methoxy groups -OCH3 is 1. The van der Waals surface area contributed by atoms with Crippen LogP contribution < -0.4 is 0 Å². The third kappa shape index (κ3) is 17.1. The summed E-state index contributed by atoms with van der Waals surface area (Å²) in [7, 11) is -4.54. The molecule has 0 saturated carbocycles. The zero-order valence-electron chi connectivity index (χ0n) is 53.1. The molecular weight excluding hydrogens is 1090 g/mol. The molecule has 13 atom stereocenters. The fourth-order valence-electron chi connectivity index (χ4n) is 14.3. The van der Waals surface area contributed by atoms with Gasteiger partial charge in [-0.1, -0.05) is 121 Å². The summed E-state index contributed by atoms with van der Waals surface area (Å²) in [6, 6.07) is 6.14. The lowest BCUT2D eigenvalue weighted by Crippen LogP contribution is -2.57. The van der Waals surface area contributed by atoms with Gasteiger partial charge in [0.25, 0.3) is 0 Å². The van der Waals surface area contributed by atoms with E-state index in [9.17, 15) is 9.90 Å². The van der Waals surface area contributed by atoms with Crippen molar-refractivity contribution in [2.45, 2.75) is 288 Å². The van der Waals surface area contributed by atoms with E-state index < -0.39 is 42.8 Å². The average molecular weight is 1200 g/mol. The highest BCUT2D eigenvalue weighted by Gasteiger charge is 2.51. The molecule has 82 heavy (non-hydrogen) atoms. The minimum absolute atomic E-state index is 0.0493. The molecule has 0 unspecified atom stereocenters. The first kappa shape index (κ1) is 68.1. The lowest BCUT2D eigenvalue weighted by atomic mass is 9.79. The van der Waals surface area contributed by atoms with Crippen LogP contribution in [-0.2, 0) is 48.2 Å². The van der Waals surface area contributed by atoms with Crippen molar-refractivity contribution in [3.05, 3.63) is 59.5 Å². The number of aliphatic hydroxyl groups excluding tert-OH is 1. The number of carboxylic acid groups (broad SMARTS) is 1. The number of aromatic nitrogens is 2. The average Bonchev–Trinajstić information content (AvgIpc) is 3.52. The van der Waals surface area contributed by atoms with Crippen molar-refractivity contribution in [2.24, 2.45) is 11.8 Å². The van der Waals surface area contributed by atoms with Crippen molar-refractivity contribution in [1.82, 2.24) is 9.97 Å². The maximum absolute atomic E-state index is 11.7. The normalized spacial score (nSPS) is 30.0. The maximum Gasteiger partial charge on any atom is 0.381 e. The monoisotopic (exact) mass is 1190 g/mol. The molecule has 4 saturated heterocycles. The Balaban J connectivity index is 1.16. The molecular formula is C64H106N2O13Si3. The molecule has 462 valence electrons. The van der Waals surface area contributed by atoms with Gasteiger partial charge in [-0.2, -0.15) is 0 Å². The Morgan fingerprint density at radius 2 is 1.48 bits per heavy atom. The van der Waals surface area contributed by atoms with E-state index in [0.717, 1.165) is 60.3 Å². The quantitative estimate of drug-likeness (QED) is 0.0466. The minimum Gasteiger partial charge on any atom is -0.472 e. The molecule has 0 bridgehead atoms. The third-order valence-electron chi connectivity index (χ3n) is 19.3. The first-order valence-electron chi connectivity index (χ1n) is 31.4. The van der Waals surface area contributed by atoms with Crippen LogP contribution in [0.5, 0.6) is 0 Å². The number of hydrogen-bond donors (Lipinski definition) is 2. The Kier molecular flexibility index (Phi) is 25.4. The Labute approximate surface area is 496 Å². The summed E-state index contributed by atoms with van der Waals surface area (Å²) in [5.74, 6) is 3.57. The number of aliphatic hydroxyl groups is 1. The van der Waals surface area contributed by atoms with Gasteiger partial charge in [-0.25, -0.2) is 14.8 Å². The van der Waals surface area contributed by atoms with Crippen molar-refractivity contribution in [3.8, 4) is 11.8 Å². The van der Waals surface area contributed by atoms with Gasteiger partial charge >= 0.3 is 5.97 Å². The third-order valence-corrected chi connectivity index (χ3v) is 34.8. The van der Waals surface area contributed by atoms with Crippen LogP contribution in [0.1, 0.15) is 191 Å². The molecule has 4 aliphatic heterocycles. The van der Waals surface area contributed by atoms with Crippen LogP contribution in [0, 0.1) is 23.7 Å². The topological polar surface area (TPSA) is 183 Å². The molecule has 6 heterocycles. The number of carboxylic acids is 1. The van der Waals surface area contributed by atoms with E-state index in [1.54, 1.807) is 19.6 Å². The molecule has 0 amide bonds. The van der Waals surface area contributed by atoms with Gasteiger partial charge in [0, 0.05) is 57.0 Å². The van der Waals surface area contributed by atoms with Crippen LogP contribution in [0.15, 0.2) is 45.2 Å². The van der Waals surface area contributed by atoms with Crippen molar-refractivity contribution in [1.29, 1.82) is 0 Å². The van der Waals surface area contributed by atoms with Gasteiger partial charge in [0.2, 0.25) is 14.2 Å². The van der Waals surface area contributed by atoms with Gasteiger partial charge < -0.3 is 56.0 Å². The summed E-state index contributed by atoms with van der Waals surface area (Å²) in [4.78, 5) is 21.1. The van der Waals surface area contributed by atoms with E-state index in [4.69, 9.17) is 60.9 Å². The van der Waals surface area contributed by atoms with E-state index in [1.165, 1.54) is 0 Å². The summed E-state index contributed by atoms with van der Waals surface area (Å²) in [6.07, 6.45) is 12.8. The summed E-state index contributed by atoms with van der Waals surface area (Å²) < 4.78 is 67.6. The van der Waals surface area contributed by atoms with Crippen molar-refractivity contribution in [2.75, 3.05) is 13.7 Å². The van der Waals surface area contributed by atoms with Crippen LogP contribution in [0.4, 0.5) is 0 Å². The minimum atomic E-state index is -2.26. The highest BCUT2D eigenvalue weighted by atomic mass is 28.4. The summed E-state index contributed by atoms with van der Waals surface area (Å²) in [5, 5.41) is 20.8. The summed E-state index contributed by atoms with van der Waals surface area (Å²) >= 11 is 0. The second-order valence-corrected chi connectivity index (χ2v) is 40.4. The fraction of sp³-hybridized carbons (Fsp3) is 0.766. The van der Waals surface area contributed by atoms with E-state index >= 15 is 0 Å². The highest BCUT2D eigenvalue weighted by Crippen LogP contribution is 2.47. The lowest BCUT2D eigenvalue weighted by Gasteiger charge is -2.48. The van der Waals surface area contributed by atoms with E-state index in [0.29, 0.717) is 97.8 Å². The SMILES string of the molecule is C=C1C[C@H](C[C@@H]2C[C@H](O[Si](C(C)C)(C(C)C)C(C)C)C[C@H](c3coc(/C=C/C[C@H]4O[C@@H](/C(C)=C/c5coc(C[C@]6(O[Si](CC)(CC)CC)C[C@H](OC)C[C@H](CO[Si](CC)(CC)CC)O6)n5)[C@H](C)[C@@H](O)[C@H]4C)n3)O2)O[C@@H](CC#CC(=O)O)C1. The molecule has 2 aromatic heterocycles. The predicted octanol–water partition coefficient (Wildman–Crippen LogP) is 14.8. The first-order chi connectivity index (χ1) is 38.9. The van der Waals surface area contributed by atoms with E-state index in [-0.39, 0.29) is 66.8 Å². The van der Waals surface area contributed by atoms with Gasteiger partial charge in [-0.3, -0.25) is 0 Å². The van der Waals surface area contributed by atoms with Crippen LogP contribution in [0.2, 0.25) is 52.9 Å². The molecule has 4 aliphatic rings. The molecule has 0 radical (unpaired) electrons. The van der Waals surface area contributed by atoms with Gasteiger partial charge in [-0.15, -0.1) is 0 Å². The number of carbonyl (C=O) groups is 1. The number of oxazole rings is 2. The van der Waals surface area contributed by atoms with Gasteiger partial charge in [0.1, 0.15) is 30.0 Å². The second kappa shape index (κ2) is 30.5. The van der Waals surface area contributed by atoms with Crippen LogP contribution in [0.3, 0.4) is 0 Å². The molecule has 6 rings (SSSR count). The van der Waals surface area contributed by atoms with Gasteiger partial charge in [-0.05, 0) is 103 Å². The number of aliphatic carboxylic acids is 1. The zero-order chi connectivity index (χ0) is 60.2. The lowest BCUT2D eigenvalue weighted by molar-refractivity contribution is -0.269. The van der Waals surface area contributed by atoms with Crippen LogP contribution in [0.25, 0.3) is 12.2 Å². The summed E-state index contributed by atoms with van der Waals surface area (Å²) in [5.41, 5.74) is 4.65. The smallest absolute Gasteiger partial charge is 0.381 e. The number of nitrogens with zero attached hydrogens (tertiary/aromatic N) is 2. The summed E-state index contributed by atoms with van der Waals surface area (Å²) in [6.45, 7) is 38.3. The van der Waals surface area contributed by atoms with Crippen LogP contribution in [-0.4, -0.2) is 126 Å². The Hall–Kier alpha value is -3.04.